The number of aryl methyl sites for hydroxylation is 1. The van der Waals surface area contributed by atoms with Crippen LogP contribution in [0.1, 0.15) is 103 Å². The third-order valence-corrected chi connectivity index (χ3v) is 5.87. The molecule has 0 aromatic carbocycles. The first-order valence-electron chi connectivity index (χ1n) is 12.3. The van der Waals surface area contributed by atoms with Gasteiger partial charge in [0, 0.05) is 24.8 Å². The molecule has 2 nitrogen and oxygen atoms in total. The van der Waals surface area contributed by atoms with Gasteiger partial charge in [-0.05, 0) is 24.6 Å². The molecule has 0 N–H and O–H groups in total. The van der Waals surface area contributed by atoms with Crippen molar-refractivity contribution in [1.29, 1.82) is 0 Å². The Kier molecular flexibility index (Phi) is 16.6. The van der Waals surface area contributed by atoms with E-state index in [4.69, 9.17) is 0 Å². The zero-order valence-electron chi connectivity index (χ0n) is 19.2. The van der Waals surface area contributed by atoms with Crippen LogP contribution in [0.2, 0.25) is 0 Å². The predicted octanol–water partition coefficient (Wildman–Crippen LogP) is 4.91. The van der Waals surface area contributed by atoms with Crippen LogP contribution in [0.3, 0.4) is 0 Å². The van der Waals surface area contributed by atoms with Crippen LogP contribution in [0.25, 0.3) is 11.4 Å². The van der Waals surface area contributed by atoms with Crippen molar-refractivity contribution < 1.29 is 21.5 Å². The van der Waals surface area contributed by atoms with E-state index in [1.54, 1.807) is 0 Å². The van der Waals surface area contributed by atoms with Crippen LogP contribution in [-0.4, -0.2) is 4.98 Å². The Balaban J connectivity index is 0.00000450. The molecule has 0 amide bonds. The molecule has 2 heterocycles. The third-order valence-electron chi connectivity index (χ3n) is 5.87. The smallest absolute Gasteiger partial charge is 0.231 e. The van der Waals surface area contributed by atoms with Gasteiger partial charge in [-0.1, -0.05) is 96.5 Å². The van der Waals surface area contributed by atoms with E-state index in [-0.39, 0.29) is 17.0 Å². The predicted molar refractivity (Wildman–Crippen MR) is 125 cm³/mol. The van der Waals surface area contributed by atoms with Crippen molar-refractivity contribution in [3.05, 3.63) is 48.8 Å². The molecule has 0 aliphatic carbocycles. The molecule has 0 saturated carbocycles. The number of hydrogen-bond donors (Lipinski definition) is 0. The van der Waals surface area contributed by atoms with Crippen LogP contribution in [-0.2, 0) is 6.54 Å². The minimum atomic E-state index is 0. The maximum Gasteiger partial charge on any atom is 0.231 e. The van der Waals surface area contributed by atoms with Gasteiger partial charge >= 0.3 is 0 Å². The van der Waals surface area contributed by atoms with E-state index in [1.807, 2.05) is 12.3 Å². The molecular formula is C27H43BrN2. The average molecular weight is 476 g/mol. The van der Waals surface area contributed by atoms with Gasteiger partial charge in [-0.2, -0.15) is 4.57 Å². The number of unbranched alkanes of at least 4 members (excludes halogenated alkanes) is 14. The lowest BCUT2D eigenvalue weighted by Crippen LogP contribution is -3.00. The summed E-state index contributed by atoms with van der Waals surface area (Å²) in [4.78, 5) is 4.51. The first-order valence-corrected chi connectivity index (χ1v) is 12.3. The fourth-order valence-electron chi connectivity index (χ4n) is 4.07. The molecule has 0 fully saturated rings. The molecule has 30 heavy (non-hydrogen) atoms. The molecule has 0 radical (unpaired) electrons. The molecule has 0 unspecified atom stereocenters. The summed E-state index contributed by atoms with van der Waals surface area (Å²) in [6.07, 6.45) is 25.3. The fraction of sp³-hybridized carbons (Fsp3) is 0.630. The summed E-state index contributed by atoms with van der Waals surface area (Å²) in [7, 11) is 0. The zero-order valence-corrected chi connectivity index (χ0v) is 20.8. The monoisotopic (exact) mass is 474 g/mol. The van der Waals surface area contributed by atoms with Crippen molar-refractivity contribution in [3.8, 4) is 11.4 Å². The molecule has 0 saturated heterocycles. The zero-order chi connectivity index (χ0) is 20.4. The van der Waals surface area contributed by atoms with Gasteiger partial charge < -0.3 is 17.0 Å². The highest BCUT2D eigenvalue weighted by atomic mass is 79.9. The summed E-state index contributed by atoms with van der Waals surface area (Å²) in [6, 6.07) is 12.5. The van der Waals surface area contributed by atoms with Crippen LogP contribution < -0.4 is 21.5 Å². The first kappa shape index (κ1) is 26.8. The van der Waals surface area contributed by atoms with Crippen LogP contribution in [0.4, 0.5) is 0 Å². The Morgan fingerprint density at radius 2 is 1.17 bits per heavy atom. The van der Waals surface area contributed by atoms with Crippen LogP contribution in [0, 0.1) is 0 Å². The second-order valence-corrected chi connectivity index (χ2v) is 8.44. The maximum atomic E-state index is 4.51. The summed E-state index contributed by atoms with van der Waals surface area (Å²) in [5, 5.41) is 0. The lowest BCUT2D eigenvalue weighted by atomic mass is 10.0. The molecule has 2 aromatic heterocycles. The second-order valence-electron chi connectivity index (χ2n) is 8.44. The number of pyridine rings is 2. The van der Waals surface area contributed by atoms with Crippen molar-refractivity contribution in [2.45, 2.75) is 110 Å². The standard InChI is InChI=1S/C27H43N2.BrH/c1-2-3-4-5-6-7-8-9-10-11-12-13-14-15-19-24-29-25-20-17-22-27(29)26-21-16-18-23-28-26;/h16-18,20-23,25H,2-15,19,24H2,1H3;1H/q+1;/p-1. The van der Waals surface area contributed by atoms with Gasteiger partial charge in [0.05, 0.1) is 0 Å². The summed E-state index contributed by atoms with van der Waals surface area (Å²) in [6.45, 7) is 3.38. The largest absolute Gasteiger partial charge is 1.00 e. The van der Waals surface area contributed by atoms with E-state index >= 15 is 0 Å². The number of halogens is 1. The number of rotatable bonds is 17. The van der Waals surface area contributed by atoms with Gasteiger partial charge in [-0.3, -0.25) is 0 Å². The third kappa shape index (κ3) is 11.8. The minimum Gasteiger partial charge on any atom is -1.00 e. The maximum absolute atomic E-state index is 4.51. The van der Waals surface area contributed by atoms with Gasteiger partial charge in [-0.15, -0.1) is 0 Å². The van der Waals surface area contributed by atoms with Gasteiger partial charge in [0.2, 0.25) is 5.69 Å². The van der Waals surface area contributed by atoms with Crippen molar-refractivity contribution in [2.75, 3.05) is 0 Å². The Labute approximate surface area is 196 Å². The lowest BCUT2D eigenvalue weighted by molar-refractivity contribution is -0.686. The number of hydrogen-bond acceptors (Lipinski definition) is 1. The topological polar surface area (TPSA) is 16.8 Å². The molecule has 3 heteroatoms. The Hall–Kier alpha value is -1.22. The van der Waals surface area contributed by atoms with E-state index in [9.17, 15) is 0 Å². The molecule has 2 aromatic rings. The second kappa shape index (κ2) is 18.5. The molecule has 0 aliphatic heterocycles. The molecule has 0 aliphatic rings. The van der Waals surface area contributed by atoms with Crippen molar-refractivity contribution >= 4 is 0 Å². The van der Waals surface area contributed by atoms with E-state index in [0.29, 0.717) is 0 Å². The van der Waals surface area contributed by atoms with E-state index in [1.165, 1.54) is 102 Å². The first-order chi connectivity index (χ1) is 14.4. The summed E-state index contributed by atoms with van der Waals surface area (Å²) in [5.74, 6) is 0. The van der Waals surface area contributed by atoms with Crippen molar-refractivity contribution in [3.63, 3.8) is 0 Å². The van der Waals surface area contributed by atoms with Gasteiger partial charge in [0.1, 0.15) is 12.2 Å². The van der Waals surface area contributed by atoms with E-state index in [2.05, 4.69) is 53.0 Å². The van der Waals surface area contributed by atoms with Crippen LogP contribution in [0.15, 0.2) is 48.8 Å². The Morgan fingerprint density at radius 3 is 1.70 bits per heavy atom. The molecule has 0 spiro atoms. The lowest BCUT2D eigenvalue weighted by Gasteiger charge is -2.04. The molecule has 168 valence electrons. The summed E-state index contributed by atoms with van der Waals surface area (Å²) in [5.41, 5.74) is 2.28. The molecule has 2 rings (SSSR count). The molecule has 0 bridgehead atoms. The molecule has 0 atom stereocenters. The van der Waals surface area contributed by atoms with Crippen LogP contribution in [0.5, 0.6) is 0 Å². The highest BCUT2D eigenvalue weighted by molar-refractivity contribution is 5.49. The minimum absolute atomic E-state index is 0. The highest BCUT2D eigenvalue weighted by Gasteiger charge is 2.12. The Morgan fingerprint density at radius 1 is 0.633 bits per heavy atom. The van der Waals surface area contributed by atoms with E-state index < -0.39 is 0 Å². The van der Waals surface area contributed by atoms with Crippen molar-refractivity contribution in [1.82, 2.24) is 4.98 Å². The van der Waals surface area contributed by atoms with Gasteiger partial charge in [-0.25, -0.2) is 4.98 Å². The quantitative estimate of drug-likeness (QED) is 0.235. The highest BCUT2D eigenvalue weighted by Crippen LogP contribution is 2.14. The fourth-order valence-corrected chi connectivity index (χ4v) is 4.07. The number of nitrogens with zero attached hydrogens (tertiary/aromatic N) is 2. The Bertz CT molecular complexity index is 630. The van der Waals surface area contributed by atoms with Gasteiger partial charge in [0.25, 0.3) is 0 Å². The summed E-state index contributed by atoms with van der Waals surface area (Å²) < 4.78 is 2.35. The van der Waals surface area contributed by atoms with Crippen molar-refractivity contribution in [2.24, 2.45) is 0 Å². The van der Waals surface area contributed by atoms with E-state index in [0.717, 1.165) is 12.2 Å². The summed E-state index contributed by atoms with van der Waals surface area (Å²) >= 11 is 0. The normalized spacial score (nSPS) is 10.7. The molecular weight excluding hydrogens is 432 g/mol. The average Bonchev–Trinajstić information content (AvgIpc) is 2.77. The van der Waals surface area contributed by atoms with Crippen LogP contribution >= 0.6 is 0 Å². The van der Waals surface area contributed by atoms with Gasteiger partial charge in [0.15, 0.2) is 6.20 Å². The number of aromatic nitrogens is 2. The SMILES string of the molecule is CCCCCCCCCCCCCCCCC[n+]1ccccc1-c1ccccn1.[Br-].